The average Bonchev–Trinajstić information content (AvgIpc) is 2.03. The Morgan fingerprint density at radius 2 is 2.07 bits per heavy atom. The van der Waals surface area contributed by atoms with Crippen molar-refractivity contribution in [1.29, 1.82) is 0 Å². The van der Waals surface area contributed by atoms with Gasteiger partial charge < -0.3 is 10.4 Å². The van der Waals surface area contributed by atoms with Crippen LogP contribution in [0.5, 0.6) is 0 Å². The quantitative estimate of drug-likeness (QED) is 0.588. The summed E-state index contributed by atoms with van der Waals surface area (Å²) in [5.41, 5.74) is 0. The minimum absolute atomic E-state index is 0.194. The fraction of sp³-hybridized carbons (Fsp3) is 0.875. The van der Waals surface area contributed by atoms with Gasteiger partial charge in [0.05, 0.1) is 6.42 Å². The maximum absolute atomic E-state index is 11.1. The first-order valence-electron chi connectivity index (χ1n) is 4.39. The molecule has 3 nitrogen and oxygen atoms in total. The van der Waals surface area contributed by atoms with Gasteiger partial charge in [0.1, 0.15) is 6.10 Å². The number of carbonyl (C=O) groups is 1. The number of carbonyl (C=O) groups excluding carboxylic acids is 1. The predicted octanol–water partition coefficient (Wildman–Crippen LogP) is 2.02. The van der Waals surface area contributed by atoms with Crippen molar-refractivity contribution < 1.29 is 9.90 Å². The molecule has 2 N–H and O–H groups in total. The van der Waals surface area contributed by atoms with Crippen LogP contribution in [0.1, 0.15) is 26.2 Å². The highest BCUT2D eigenvalue weighted by molar-refractivity contribution is 6.68. The first-order valence-corrected chi connectivity index (χ1v) is 5.52. The molecule has 84 valence electrons. The van der Waals surface area contributed by atoms with Crippen LogP contribution in [0.2, 0.25) is 0 Å². The fourth-order valence-corrected chi connectivity index (χ4v) is 1.000. The largest absolute Gasteiger partial charge is 0.388 e. The van der Waals surface area contributed by atoms with E-state index in [0.717, 1.165) is 12.8 Å². The molecule has 0 aromatic carbocycles. The summed E-state index contributed by atoms with van der Waals surface area (Å²) in [5.74, 6) is -0.308. The van der Waals surface area contributed by atoms with Gasteiger partial charge in [0.25, 0.3) is 0 Å². The summed E-state index contributed by atoms with van der Waals surface area (Å²) in [7, 11) is 0. The van der Waals surface area contributed by atoms with Gasteiger partial charge in [-0.25, -0.2) is 0 Å². The van der Waals surface area contributed by atoms with Crippen LogP contribution < -0.4 is 5.32 Å². The maximum Gasteiger partial charge on any atom is 0.222 e. The van der Waals surface area contributed by atoms with E-state index in [-0.39, 0.29) is 12.3 Å². The number of nitrogens with one attached hydrogen (secondary N) is 1. The van der Waals surface area contributed by atoms with Crippen LogP contribution in [0.3, 0.4) is 0 Å². The number of unbranched alkanes of at least 4 members (excludes halogenated alkanes) is 1. The van der Waals surface area contributed by atoms with E-state index >= 15 is 0 Å². The average molecular weight is 263 g/mol. The van der Waals surface area contributed by atoms with Gasteiger partial charge in [0, 0.05) is 6.54 Å². The summed E-state index contributed by atoms with van der Waals surface area (Å²) in [6.45, 7) is 2.60. The van der Waals surface area contributed by atoms with Crippen molar-refractivity contribution in [3.63, 3.8) is 0 Å². The summed E-state index contributed by atoms with van der Waals surface area (Å²) in [6, 6.07) is 0. The molecular formula is C8H14Cl3NO2. The Labute approximate surface area is 98.7 Å². The number of aliphatic hydroxyl groups excluding tert-OH is 1. The molecule has 0 radical (unpaired) electrons. The second-order valence-corrected chi connectivity index (χ2v) is 5.33. The third-order valence-corrected chi connectivity index (χ3v) is 2.36. The molecule has 0 saturated carbocycles. The molecule has 14 heavy (non-hydrogen) atoms. The summed E-state index contributed by atoms with van der Waals surface area (Å²) < 4.78 is -1.80. The Kier molecular flexibility index (Phi) is 6.87. The normalized spacial score (nSPS) is 13.8. The molecule has 1 amide bonds. The van der Waals surface area contributed by atoms with Crippen LogP contribution in [-0.4, -0.2) is 27.5 Å². The molecule has 0 aliphatic carbocycles. The number of hydrogen-bond donors (Lipinski definition) is 2. The predicted molar refractivity (Wildman–Crippen MR) is 58.8 cm³/mol. The molecular weight excluding hydrogens is 248 g/mol. The Morgan fingerprint density at radius 1 is 1.50 bits per heavy atom. The first-order chi connectivity index (χ1) is 6.38. The number of alkyl halides is 3. The van der Waals surface area contributed by atoms with Gasteiger partial charge in [-0.15, -0.1) is 0 Å². The lowest BCUT2D eigenvalue weighted by molar-refractivity contribution is -0.122. The van der Waals surface area contributed by atoms with Gasteiger partial charge in [-0.05, 0) is 6.42 Å². The van der Waals surface area contributed by atoms with Crippen molar-refractivity contribution in [2.75, 3.05) is 6.54 Å². The van der Waals surface area contributed by atoms with Gasteiger partial charge in [-0.2, -0.15) is 0 Å². The zero-order chi connectivity index (χ0) is 11.2. The Balaban J connectivity index is 3.72. The molecule has 0 spiro atoms. The molecule has 0 saturated heterocycles. The van der Waals surface area contributed by atoms with E-state index in [9.17, 15) is 9.90 Å². The van der Waals surface area contributed by atoms with E-state index in [1.54, 1.807) is 0 Å². The van der Waals surface area contributed by atoms with Crippen molar-refractivity contribution in [1.82, 2.24) is 5.32 Å². The molecule has 0 aliphatic rings. The molecule has 0 heterocycles. The van der Waals surface area contributed by atoms with Crippen molar-refractivity contribution in [3.8, 4) is 0 Å². The standard InChI is InChI=1S/C8H14Cl3NO2/c1-2-3-4-12-7(14)5-6(13)8(9,10)11/h6,13H,2-5H2,1H3,(H,12,14)/t6-/m1/s1. The lowest BCUT2D eigenvalue weighted by atomic mass is 10.2. The number of rotatable bonds is 5. The minimum atomic E-state index is -1.80. The summed E-state index contributed by atoms with van der Waals surface area (Å²) in [5, 5.41) is 11.9. The molecule has 0 fully saturated rings. The van der Waals surface area contributed by atoms with E-state index < -0.39 is 9.90 Å². The van der Waals surface area contributed by atoms with Gasteiger partial charge in [0.15, 0.2) is 0 Å². The van der Waals surface area contributed by atoms with Crippen LogP contribution in [0.15, 0.2) is 0 Å². The summed E-state index contributed by atoms with van der Waals surface area (Å²) in [6.07, 6.45) is 0.428. The molecule has 0 aliphatic heterocycles. The van der Waals surface area contributed by atoms with Crippen molar-refractivity contribution in [3.05, 3.63) is 0 Å². The van der Waals surface area contributed by atoms with E-state index in [0.29, 0.717) is 6.54 Å². The van der Waals surface area contributed by atoms with Gasteiger partial charge in [0.2, 0.25) is 9.70 Å². The fourth-order valence-electron chi connectivity index (χ4n) is 0.768. The van der Waals surface area contributed by atoms with E-state index in [2.05, 4.69) is 5.32 Å². The molecule has 0 aromatic rings. The van der Waals surface area contributed by atoms with Crippen LogP contribution >= 0.6 is 34.8 Å². The number of halogens is 3. The zero-order valence-electron chi connectivity index (χ0n) is 7.90. The monoisotopic (exact) mass is 261 g/mol. The Bertz CT molecular complexity index is 182. The lowest BCUT2D eigenvalue weighted by Crippen LogP contribution is -2.34. The molecule has 6 heteroatoms. The smallest absolute Gasteiger partial charge is 0.222 e. The van der Waals surface area contributed by atoms with Crippen LogP contribution in [0, 0.1) is 0 Å². The minimum Gasteiger partial charge on any atom is -0.388 e. The van der Waals surface area contributed by atoms with Gasteiger partial charge in [-0.3, -0.25) is 4.79 Å². The van der Waals surface area contributed by atoms with Crippen LogP contribution in [-0.2, 0) is 4.79 Å². The molecule has 0 unspecified atom stereocenters. The highest BCUT2D eigenvalue weighted by atomic mass is 35.6. The van der Waals surface area contributed by atoms with E-state index in [1.807, 2.05) is 6.92 Å². The summed E-state index contributed by atoms with van der Waals surface area (Å²) in [4.78, 5) is 11.1. The number of amides is 1. The Hall–Kier alpha value is 0.300. The lowest BCUT2D eigenvalue weighted by Gasteiger charge is -2.18. The van der Waals surface area contributed by atoms with Gasteiger partial charge in [-0.1, -0.05) is 48.1 Å². The third kappa shape index (κ3) is 6.71. The number of aliphatic hydroxyl groups is 1. The van der Waals surface area contributed by atoms with Crippen LogP contribution in [0.25, 0.3) is 0 Å². The second-order valence-electron chi connectivity index (χ2n) is 2.97. The SMILES string of the molecule is CCCCNC(=O)C[C@@H](O)C(Cl)(Cl)Cl. The molecule has 1 atom stereocenters. The Morgan fingerprint density at radius 3 is 2.50 bits per heavy atom. The molecule has 0 rings (SSSR count). The van der Waals surface area contributed by atoms with Crippen molar-refractivity contribution in [2.45, 2.75) is 36.1 Å². The van der Waals surface area contributed by atoms with Crippen LogP contribution in [0.4, 0.5) is 0 Å². The van der Waals surface area contributed by atoms with E-state index in [1.165, 1.54) is 0 Å². The van der Waals surface area contributed by atoms with E-state index in [4.69, 9.17) is 34.8 Å². The van der Waals surface area contributed by atoms with Crippen molar-refractivity contribution >= 4 is 40.7 Å². The second kappa shape index (κ2) is 6.72. The van der Waals surface area contributed by atoms with Crippen molar-refractivity contribution in [2.24, 2.45) is 0 Å². The highest BCUT2D eigenvalue weighted by Crippen LogP contribution is 2.31. The van der Waals surface area contributed by atoms with Gasteiger partial charge >= 0.3 is 0 Å². The topological polar surface area (TPSA) is 49.3 Å². The highest BCUT2D eigenvalue weighted by Gasteiger charge is 2.32. The maximum atomic E-state index is 11.1. The zero-order valence-corrected chi connectivity index (χ0v) is 10.2. The molecule has 0 bridgehead atoms. The summed E-state index contributed by atoms with van der Waals surface area (Å²) >= 11 is 16.2. The number of hydrogen-bond acceptors (Lipinski definition) is 2. The first kappa shape index (κ1) is 14.3. The third-order valence-electron chi connectivity index (χ3n) is 1.61. The molecule has 0 aromatic heterocycles.